The van der Waals surface area contributed by atoms with Crippen molar-refractivity contribution in [1.82, 2.24) is 15.3 Å². The summed E-state index contributed by atoms with van der Waals surface area (Å²) in [5.41, 5.74) is 2.00. The van der Waals surface area contributed by atoms with Gasteiger partial charge in [0.15, 0.2) is 0 Å². The van der Waals surface area contributed by atoms with E-state index in [0.29, 0.717) is 13.0 Å². The zero-order chi connectivity index (χ0) is 15.7. The molecule has 0 amide bonds. The highest BCUT2D eigenvalue weighted by molar-refractivity contribution is 5.74. The number of aryl methyl sites for hydroxylation is 1. The molecule has 22 heavy (non-hydrogen) atoms. The number of anilines is 2. The third-order valence-electron chi connectivity index (χ3n) is 4.54. The Morgan fingerprint density at radius 3 is 2.68 bits per heavy atom. The molecule has 2 aliphatic heterocycles. The lowest BCUT2D eigenvalue weighted by Crippen LogP contribution is -2.30. The fourth-order valence-electron chi connectivity index (χ4n) is 3.04. The number of nitrogens with zero attached hydrogens (tertiary/aromatic N) is 3. The van der Waals surface area contributed by atoms with Crippen LogP contribution < -0.4 is 15.5 Å². The van der Waals surface area contributed by atoms with Gasteiger partial charge in [-0.2, -0.15) is 4.98 Å². The molecule has 0 saturated carbocycles. The van der Waals surface area contributed by atoms with Crippen molar-refractivity contribution in [2.24, 2.45) is 0 Å². The number of aliphatic carboxylic acids is 1. The zero-order valence-electron chi connectivity index (χ0n) is 13.1. The van der Waals surface area contributed by atoms with Gasteiger partial charge in [0.05, 0.1) is 0 Å². The third kappa shape index (κ3) is 2.99. The second-order valence-corrected chi connectivity index (χ2v) is 6.15. The van der Waals surface area contributed by atoms with Gasteiger partial charge in [-0.3, -0.25) is 4.79 Å². The van der Waals surface area contributed by atoms with Crippen LogP contribution in [0, 0.1) is 13.8 Å². The van der Waals surface area contributed by atoms with Gasteiger partial charge in [-0.1, -0.05) is 0 Å². The van der Waals surface area contributed by atoms with E-state index in [-0.39, 0.29) is 6.04 Å². The summed E-state index contributed by atoms with van der Waals surface area (Å²) >= 11 is 0. The lowest BCUT2D eigenvalue weighted by molar-refractivity contribution is -0.139. The Hall–Kier alpha value is -1.89. The lowest BCUT2D eigenvalue weighted by atomic mass is 10.1. The third-order valence-corrected chi connectivity index (χ3v) is 4.54. The Morgan fingerprint density at radius 2 is 2.05 bits per heavy atom. The van der Waals surface area contributed by atoms with E-state index in [2.05, 4.69) is 25.5 Å². The number of hydrogen-bond donors (Lipinski definition) is 3. The van der Waals surface area contributed by atoms with E-state index >= 15 is 0 Å². The SMILES string of the molecule is Cc1nc(N2CCCC2)nc(N[C@@H]2CN[C@H](C(=O)O)C2)c1C. The molecule has 120 valence electrons. The number of nitrogens with one attached hydrogen (secondary N) is 2. The lowest BCUT2D eigenvalue weighted by Gasteiger charge is -2.20. The number of rotatable bonds is 4. The van der Waals surface area contributed by atoms with Crippen molar-refractivity contribution in [3.63, 3.8) is 0 Å². The molecule has 0 radical (unpaired) electrons. The van der Waals surface area contributed by atoms with Gasteiger partial charge in [0.1, 0.15) is 11.9 Å². The van der Waals surface area contributed by atoms with Crippen LogP contribution in [0.2, 0.25) is 0 Å². The van der Waals surface area contributed by atoms with Crippen LogP contribution in [0.1, 0.15) is 30.5 Å². The van der Waals surface area contributed by atoms with Gasteiger partial charge >= 0.3 is 5.97 Å². The molecule has 3 heterocycles. The number of carboxylic acids is 1. The normalized spacial score (nSPS) is 24.7. The molecular weight excluding hydrogens is 282 g/mol. The molecule has 0 aromatic carbocycles. The highest BCUT2D eigenvalue weighted by atomic mass is 16.4. The van der Waals surface area contributed by atoms with E-state index in [1.807, 2.05) is 13.8 Å². The summed E-state index contributed by atoms with van der Waals surface area (Å²) in [7, 11) is 0. The van der Waals surface area contributed by atoms with Gasteiger partial charge in [-0.05, 0) is 33.1 Å². The number of hydrogen-bond acceptors (Lipinski definition) is 6. The average molecular weight is 305 g/mol. The number of carboxylic acid groups (broad SMARTS) is 1. The van der Waals surface area contributed by atoms with E-state index in [4.69, 9.17) is 5.11 Å². The predicted molar refractivity (Wildman–Crippen MR) is 84.4 cm³/mol. The molecular formula is C15H23N5O2. The van der Waals surface area contributed by atoms with Gasteiger partial charge in [-0.15, -0.1) is 0 Å². The van der Waals surface area contributed by atoms with Gasteiger partial charge in [0.25, 0.3) is 0 Å². The van der Waals surface area contributed by atoms with Gasteiger partial charge in [0.2, 0.25) is 5.95 Å². The van der Waals surface area contributed by atoms with Crippen molar-refractivity contribution < 1.29 is 9.90 Å². The summed E-state index contributed by atoms with van der Waals surface area (Å²) in [6.07, 6.45) is 2.94. The van der Waals surface area contributed by atoms with Crippen molar-refractivity contribution in [2.45, 2.75) is 45.2 Å². The smallest absolute Gasteiger partial charge is 0.320 e. The van der Waals surface area contributed by atoms with Crippen molar-refractivity contribution in [3.05, 3.63) is 11.3 Å². The van der Waals surface area contributed by atoms with Crippen LogP contribution >= 0.6 is 0 Å². The Kier molecular flexibility index (Phi) is 4.15. The second-order valence-electron chi connectivity index (χ2n) is 6.15. The molecule has 3 rings (SSSR count). The van der Waals surface area contributed by atoms with Crippen molar-refractivity contribution in [1.29, 1.82) is 0 Å². The summed E-state index contributed by atoms with van der Waals surface area (Å²) < 4.78 is 0. The van der Waals surface area contributed by atoms with Crippen LogP contribution in [0.4, 0.5) is 11.8 Å². The van der Waals surface area contributed by atoms with E-state index in [1.165, 1.54) is 12.8 Å². The zero-order valence-corrected chi connectivity index (χ0v) is 13.1. The van der Waals surface area contributed by atoms with E-state index in [1.54, 1.807) is 0 Å². The first-order chi connectivity index (χ1) is 10.5. The Balaban J connectivity index is 1.76. The molecule has 0 bridgehead atoms. The summed E-state index contributed by atoms with van der Waals surface area (Å²) in [6, 6.07) is -0.390. The van der Waals surface area contributed by atoms with E-state index in [0.717, 1.165) is 36.1 Å². The minimum Gasteiger partial charge on any atom is -0.480 e. The minimum atomic E-state index is -0.794. The van der Waals surface area contributed by atoms with E-state index < -0.39 is 12.0 Å². The maximum absolute atomic E-state index is 11.0. The van der Waals surface area contributed by atoms with Crippen LogP contribution in [-0.4, -0.2) is 52.8 Å². The van der Waals surface area contributed by atoms with Gasteiger partial charge in [0, 0.05) is 36.9 Å². The maximum Gasteiger partial charge on any atom is 0.320 e. The second kappa shape index (κ2) is 6.08. The van der Waals surface area contributed by atoms with Gasteiger partial charge in [-0.25, -0.2) is 4.98 Å². The highest BCUT2D eigenvalue weighted by Crippen LogP contribution is 2.23. The molecule has 0 unspecified atom stereocenters. The molecule has 0 spiro atoms. The van der Waals surface area contributed by atoms with Crippen molar-refractivity contribution in [2.75, 3.05) is 29.9 Å². The van der Waals surface area contributed by atoms with E-state index in [9.17, 15) is 4.79 Å². The van der Waals surface area contributed by atoms with Crippen LogP contribution in [-0.2, 0) is 4.79 Å². The number of aromatic nitrogens is 2. The first kappa shape index (κ1) is 15.0. The van der Waals surface area contributed by atoms with Crippen LogP contribution in [0.15, 0.2) is 0 Å². The monoisotopic (exact) mass is 305 g/mol. The standard InChI is InChI=1S/C15H23N5O2/c1-9-10(2)17-15(20-5-3-4-6-20)19-13(9)18-11-7-12(14(21)22)16-8-11/h11-12,16H,3-8H2,1-2H3,(H,21,22)(H,17,18,19)/t11-,12-/m0/s1. The molecule has 0 aliphatic carbocycles. The largest absolute Gasteiger partial charge is 0.480 e. The average Bonchev–Trinajstić information content (AvgIpc) is 3.15. The Labute approximate surface area is 130 Å². The molecule has 3 N–H and O–H groups in total. The molecule has 1 aromatic heterocycles. The Morgan fingerprint density at radius 1 is 1.32 bits per heavy atom. The fraction of sp³-hybridized carbons (Fsp3) is 0.667. The topological polar surface area (TPSA) is 90.4 Å². The minimum absolute atomic E-state index is 0.0838. The molecule has 7 nitrogen and oxygen atoms in total. The number of carbonyl (C=O) groups is 1. The summed E-state index contributed by atoms with van der Waals surface area (Å²) in [5.74, 6) is 0.814. The quantitative estimate of drug-likeness (QED) is 0.762. The molecule has 2 aliphatic rings. The van der Waals surface area contributed by atoms with Crippen molar-refractivity contribution in [3.8, 4) is 0 Å². The Bertz CT molecular complexity index is 571. The summed E-state index contributed by atoms with van der Waals surface area (Å²) in [5, 5.41) is 15.5. The summed E-state index contributed by atoms with van der Waals surface area (Å²) in [4.78, 5) is 22.5. The fourth-order valence-corrected chi connectivity index (χ4v) is 3.04. The molecule has 1 aromatic rings. The first-order valence-corrected chi connectivity index (χ1v) is 7.87. The van der Waals surface area contributed by atoms with Crippen LogP contribution in [0.25, 0.3) is 0 Å². The first-order valence-electron chi connectivity index (χ1n) is 7.87. The molecule has 2 atom stereocenters. The highest BCUT2D eigenvalue weighted by Gasteiger charge is 2.30. The maximum atomic E-state index is 11.0. The van der Waals surface area contributed by atoms with Crippen LogP contribution in [0.3, 0.4) is 0 Å². The predicted octanol–water partition coefficient (Wildman–Crippen LogP) is 0.921. The molecule has 7 heteroatoms. The molecule has 2 saturated heterocycles. The van der Waals surface area contributed by atoms with Crippen molar-refractivity contribution >= 4 is 17.7 Å². The van der Waals surface area contributed by atoms with Gasteiger partial charge < -0.3 is 20.6 Å². The molecule has 2 fully saturated rings. The van der Waals surface area contributed by atoms with Crippen LogP contribution in [0.5, 0.6) is 0 Å². The summed E-state index contributed by atoms with van der Waals surface area (Å²) in [6.45, 7) is 6.65.